The van der Waals surface area contributed by atoms with Crippen LogP contribution in [-0.2, 0) is 15.7 Å². The third kappa shape index (κ3) is 5.22. The average Bonchev–Trinajstić information content (AvgIpc) is 2.88. The first-order chi connectivity index (χ1) is 10.5. The number of aromatic nitrogens is 2. The van der Waals surface area contributed by atoms with E-state index in [1.54, 1.807) is 0 Å². The maximum atomic E-state index is 11.3. The van der Waals surface area contributed by atoms with Gasteiger partial charge in [0.05, 0.1) is 18.6 Å². The van der Waals surface area contributed by atoms with Crippen molar-refractivity contribution in [2.24, 2.45) is 0 Å². The second kappa shape index (κ2) is 8.53. The van der Waals surface area contributed by atoms with Crippen molar-refractivity contribution < 1.29 is 33.8 Å². The molecule has 0 bridgehead atoms. The summed E-state index contributed by atoms with van der Waals surface area (Å²) in [6.45, 7) is 6.96. The zero-order chi connectivity index (χ0) is 18.5. The summed E-state index contributed by atoms with van der Waals surface area (Å²) in [4.78, 5) is 40.4. The Balaban J connectivity index is 0.00000232. The van der Waals surface area contributed by atoms with Gasteiger partial charge in [0, 0.05) is 12.1 Å². The lowest BCUT2D eigenvalue weighted by Gasteiger charge is -2.29. The molecule has 0 aliphatic rings. The van der Waals surface area contributed by atoms with Gasteiger partial charge in [-0.15, -0.1) is 0 Å². The van der Waals surface area contributed by atoms with E-state index in [0.717, 1.165) is 17.4 Å². The lowest BCUT2D eigenvalue weighted by molar-refractivity contribution is 0.115. The summed E-state index contributed by atoms with van der Waals surface area (Å²) in [5.41, 5.74) is 0.638. The molecular weight excluding hydrogens is 346 g/mol. The molecule has 1 aromatic heterocycles. The van der Waals surface area contributed by atoms with Gasteiger partial charge in [0.15, 0.2) is 0 Å². The lowest BCUT2D eigenvalue weighted by Crippen LogP contribution is -2.33. The van der Waals surface area contributed by atoms with Crippen molar-refractivity contribution in [1.82, 2.24) is 9.55 Å². The van der Waals surface area contributed by atoms with Gasteiger partial charge in [-0.2, -0.15) is 0 Å². The van der Waals surface area contributed by atoms with E-state index in [1.807, 2.05) is 27.7 Å². The van der Waals surface area contributed by atoms with Crippen LogP contribution in [0.2, 0.25) is 0 Å². The van der Waals surface area contributed by atoms with Crippen molar-refractivity contribution in [3.63, 3.8) is 0 Å². The van der Waals surface area contributed by atoms with Crippen molar-refractivity contribution in [2.45, 2.75) is 58.1 Å². The molecule has 0 amide bonds. The lowest BCUT2D eigenvalue weighted by atomic mass is 10.0. The van der Waals surface area contributed by atoms with Crippen LogP contribution in [0.25, 0.3) is 0 Å². The third-order valence-corrected chi connectivity index (χ3v) is 7.10. The number of rotatable bonds is 7. The molecular formula is C12H26N2O7P2. The van der Waals surface area contributed by atoms with Crippen LogP contribution in [0.15, 0.2) is 12.5 Å². The summed E-state index contributed by atoms with van der Waals surface area (Å²) in [5.74, 6) is 0.129. The summed E-state index contributed by atoms with van der Waals surface area (Å²) in [6, 6.07) is 0. The SMILES string of the molecule is CC.CCC(CC)c1cn(CC(O)(P(=O)(O)O)P(=O)(O)O)cn1. The van der Waals surface area contributed by atoms with Crippen LogP contribution in [-0.4, -0.2) is 39.3 Å². The molecule has 0 saturated carbocycles. The predicted molar refractivity (Wildman–Crippen MR) is 85.9 cm³/mol. The summed E-state index contributed by atoms with van der Waals surface area (Å²) in [7, 11) is -10.9. The highest BCUT2D eigenvalue weighted by atomic mass is 31.2. The Labute approximate surface area is 135 Å². The van der Waals surface area contributed by atoms with Gasteiger partial charge in [0.25, 0.3) is 5.08 Å². The van der Waals surface area contributed by atoms with Crippen molar-refractivity contribution in [1.29, 1.82) is 0 Å². The van der Waals surface area contributed by atoms with Crippen LogP contribution < -0.4 is 0 Å². The third-order valence-electron chi connectivity index (χ3n) is 3.38. The standard InChI is InChI=1S/C10H20N2O7P2.C2H6/c1-3-8(4-2)9-5-12(7-11-9)6-10(13,20(14,15)16)21(17,18)19;1-2/h5,7-8,13H,3-4,6H2,1-2H3,(H2,14,15,16)(H2,17,18,19);1-2H3. The van der Waals surface area contributed by atoms with Crippen LogP contribution in [0.5, 0.6) is 0 Å². The van der Waals surface area contributed by atoms with Crippen LogP contribution in [0.3, 0.4) is 0 Å². The van der Waals surface area contributed by atoms with Crippen LogP contribution in [0.4, 0.5) is 0 Å². The topological polar surface area (TPSA) is 153 Å². The van der Waals surface area contributed by atoms with Crippen LogP contribution >= 0.6 is 15.2 Å². The van der Waals surface area contributed by atoms with Gasteiger partial charge in [-0.3, -0.25) is 9.13 Å². The fourth-order valence-electron chi connectivity index (χ4n) is 1.98. The first kappa shape index (κ1) is 22.5. The molecule has 0 aliphatic heterocycles. The largest absolute Gasteiger partial charge is 0.371 e. The van der Waals surface area contributed by atoms with Gasteiger partial charge in [-0.25, -0.2) is 4.98 Å². The molecule has 1 aromatic rings. The molecule has 9 nitrogen and oxygen atoms in total. The van der Waals surface area contributed by atoms with E-state index < -0.39 is 26.8 Å². The molecule has 0 saturated heterocycles. The van der Waals surface area contributed by atoms with E-state index in [0.29, 0.717) is 5.69 Å². The molecule has 0 spiro atoms. The first-order valence-corrected chi connectivity index (χ1v) is 10.5. The molecule has 1 heterocycles. The highest BCUT2D eigenvalue weighted by Crippen LogP contribution is 2.68. The van der Waals surface area contributed by atoms with Crippen LogP contribution in [0, 0.1) is 0 Å². The van der Waals surface area contributed by atoms with Gasteiger partial charge in [0.2, 0.25) is 0 Å². The molecule has 23 heavy (non-hydrogen) atoms. The molecule has 1 rings (SSSR count). The quantitative estimate of drug-likeness (QED) is 0.454. The molecule has 0 unspecified atom stereocenters. The molecule has 0 radical (unpaired) electrons. The normalized spacial score (nSPS) is 13.0. The maximum absolute atomic E-state index is 11.3. The molecule has 0 fully saturated rings. The number of nitrogens with zero attached hydrogens (tertiary/aromatic N) is 2. The summed E-state index contributed by atoms with van der Waals surface area (Å²) in [6.07, 6.45) is 4.21. The van der Waals surface area contributed by atoms with Crippen LogP contribution in [0.1, 0.15) is 52.1 Å². The zero-order valence-electron chi connectivity index (χ0n) is 13.7. The minimum Gasteiger partial charge on any atom is -0.366 e. The van der Waals surface area contributed by atoms with E-state index in [-0.39, 0.29) is 5.92 Å². The number of hydrogen-bond acceptors (Lipinski definition) is 4. The Hall–Kier alpha value is -0.530. The van der Waals surface area contributed by atoms with Crippen molar-refractivity contribution in [3.8, 4) is 0 Å². The Kier molecular flexibility index (Phi) is 8.34. The van der Waals surface area contributed by atoms with Gasteiger partial charge in [0.1, 0.15) is 0 Å². The Morgan fingerprint density at radius 2 is 1.57 bits per heavy atom. The molecule has 0 aliphatic carbocycles. The molecule has 11 heteroatoms. The smallest absolute Gasteiger partial charge is 0.366 e. The second-order valence-corrected chi connectivity index (χ2v) is 8.86. The molecule has 0 aromatic carbocycles. The van der Waals surface area contributed by atoms with E-state index in [2.05, 4.69) is 4.98 Å². The minimum absolute atomic E-state index is 0.129. The van der Waals surface area contributed by atoms with Crippen molar-refractivity contribution >= 4 is 15.2 Å². The second-order valence-electron chi connectivity index (χ2n) is 4.85. The number of imidazole rings is 1. The van der Waals surface area contributed by atoms with Crippen molar-refractivity contribution in [3.05, 3.63) is 18.2 Å². The summed E-state index contributed by atoms with van der Waals surface area (Å²) < 4.78 is 23.6. The van der Waals surface area contributed by atoms with Crippen molar-refractivity contribution in [2.75, 3.05) is 0 Å². The predicted octanol–water partition coefficient (Wildman–Crippen LogP) is 1.81. The Morgan fingerprint density at radius 3 is 1.91 bits per heavy atom. The zero-order valence-corrected chi connectivity index (χ0v) is 15.5. The highest BCUT2D eigenvalue weighted by molar-refractivity contribution is 7.72. The fourth-order valence-corrected chi connectivity index (χ4v) is 4.03. The van der Waals surface area contributed by atoms with Gasteiger partial charge in [-0.1, -0.05) is 27.7 Å². The van der Waals surface area contributed by atoms with Gasteiger partial charge in [-0.05, 0) is 12.8 Å². The number of hydrogen-bond donors (Lipinski definition) is 5. The molecule has 0 atom stereocenters. The average molecular weight is 372 g/mol. The molecule has 5 N–H and O–H groups in total. The summed E-state index contributed by atoms with van der Waals surface area (Å²) >= 11 is 0. The fraction of sp³-hybridized carbons (Fsp3) is 0.750. The molecule has 136 valence electrons. The minimum atomic E-state index is -5.46. The van der Waals surface area contributed by atoms with E-state index >= 15 is 0 Å². The van der Waals surface area contributed by atoms with E-state index in [1.165, 1.54) is 12.5 Å². The van der Waals surface area contributed by atoms with E-state index in [4.69, 9.17) is 19.6 Å². The summed E-state index contributed by atoms with van der Waals surface area (Å²) in [5, 5.41) is 6.36. The highest BCUT2D eigenvalue weighted by Gasteiger charge is 2.59. The van der Waals surface area contributed by atoms with Gasteiger partial charge >= 0.3 is 15.2 Å². The maximum Gasteiger partial charge on any atom is 0.371 e. The van der Waals surface area contributed by atoms with E-state index in [9.17, 15) is 14.2 Å². The van der Waals surface area contributed by atoms with Gasteiger partial charge < -0.3 is 29.2 Å². The number of aliphatic hydroxyl groups is 1. The first-order valence-electron chi connectivity index (χ1n) is 7.31. The Morgan fingerprint density at radius 1 is 1.13 bits per heavy atom. The monoisotopic (exact) mass is 372 g/mol. The Bertz CT molecular complexity index is 552.